The SMILES string of the molecule is CCOc1cc(CN2CCC(Nc3nc4ccccc4n3C)CC2)ccc1OC. The van der Waals surface area contributed by atoms with E-state index in [1.807, 2.05) is 19.1 Å². The van der Waals surface area contributed by atoms with Gasteiger partial charge in [-0.2, -0.15) is 0 Å². The molecule has 154 valence electrons. The average molecular weight is 395 g/mol. The van der Waals surface area contributed by atoms with E-state index in [-0.39, 0.29) is 0 Å². The molecule has 2 aromatic carbocycles. The molecule has 0 aliphatic carbocycles. The van der Waals surface area contributed by atoms with E-state index in [2.05, 4.69) is 52.2 Å². The van der Waals surface area contributed by atoms with Crippen LogP contribution in [0.2, 0.25) is 0 Å². The van der Waals surface area contributed by atoms with Crippen LogP contribution in [0.1, 0.15) is 25.3 Å². The molecule has 6 heteroatoms. The van der Waals surface area contributed by atoms with Crippen molar-refractivity contribution in [3.63, 3.8) is 0 Å². The van der Waals surface area contributed by atoms with Gasteiger partial charge in [-0.1, -0.05) is 18.2 Å². The number of likely N-dealkylation sites (tertiary alicyclic amines) is 1. The summed E-state index contributed by atoms with van der Waals surface area (Å²) in [6, 6.07) is 15.0. The van der Waals surface area contributed by atoms with Gasteiger partial charge >= 0.3 is 0 Å². The molecule has 3 aromatic rings. The van der Waals surface area contributed by atoms with Gasteiger partial charge < -0.3 is 19.4 Å². The van der Waals surface area contributed by atoms with Crippen LogP contribution in [-0.4, -0.2) is 47.3 Å². The second kappa shape index (κ2) is 8.74. The first-order valence-corrected chi connectivity index (χ1v) is 10.4. The molecule has 0 saturated carbocycles. The number of piperidine rings is 1. The van der Waals surface area contributed by atoms with E-state index in [1.165, 1.54) is 5.56 Å². The summed E-state index contributed by atoms with van der Waals surface area (Å²) in [7, 11) is 3.76. The van der Waals surface area contributed by atoms with Crippen LogP contribution in [-0.2, 0) is 13.6 Å². The van der Waals surface area contributed by atoms with E-state index in [0.29, 0.717) is 12.6 Å². The summed E-state index contributed by atoms with van der Waals surface area (Å²) in [5.74, 6) is 2.58. The molecule has 0 amide bonds. The minimum atomic E-state index is 0.455. The molecular weight excluding hydrogens is 364 g/mol. The first kappa shape index (κ1) is 19.6. The Morgan fingerprint density at radius 1 is 1.10 bits per heavy atom. The lowest BCUT2D eigenvalue weighted by atomic mass is 10.0. The number of nitrogens with zero attached hydrogens (tertiary/aromatic N) is 3. The van der Waals surface area contributed by atoms with Crippen LogP contribution < -0.4 is 14.8 Å². The van der Waals surface area contributed by atoms with Crippen molar-refractivity contribution in [2.45, 2.75) is 32.4 Å². The van der Waals surface area contributed by atoms with Crippen LogP contribution in [0.4, 0.5) is 5.95 Å². The minimum absolute atomic E-state index is 0.455. The number of hydrogen-bond donors (Lipinski definition) is 1. The predicted octanol–water partition coefficient (Wildman–Crippen LogP) is 4.06. The number of para-hydroxylation sites is 2. The number of aromatic nitrogens is 2. The minimum Gasteiger partial charge on any atom is -0.493 e. The van der Waals surface area contributed by atoms with Crippen molar-refractivity contribution in [2.75, 3.05) is 32.1 Å². The number of hydrogen-bond acceptors (Lipinski definition) is 5. The highest BCUT2D eigenvalue weighted by Gasteiger charge is 2.21. The van der Waals surface area contributed by atoms with Crippen molar-refractivity contribution in [3.05, 3.63) is 48.0 Å². The number of imidazole rings is 1. The lowest BCUT2D eigenvalue weighted by Crippen LogP contribution is -2.39. The maximum Gasteiger partial charge on any atom is 0.203 e. The third-order valence-electron chi connectivity index (χ3n) is 5.64. The van der Waals surface area contributed by atoms with Gasteiger partial charge in [-0.05, 0) is 49.6 Å². The lowest BCUT2D eigenvalue weighted by Gasteiger charge is -2.32. The Morgan fingerprint density at radius 3 is 2.62 bits per heavy atom. The molecule has 4 rings (SSSR count). The third-order valence-corrected chi connectivity index (χ3v) is 5.64. The molecule has 29 heavy (non-hydrogen) atoms. The van der Waals surface area contributed by atoms with Gasteiger partial charge in [0, 0.05) is 32.7 Å². The van der Waals surface area contributed by atoms with Crippen molar-refractivity contribution in [1.29, 1.82) is 0 Å². The van der Waals surface area contributed by atoms with Crippen molar-refractivity contribution in [2.24, 2.45) is 7.05 Å². The van der Waals surface area contributed by atoms with Crippen LogP contribution in [0, 0.1) is 0 Å². The summed E-state index contributed by atoms with van der Waals surface area (Å²) < 4.78 is 13.3. The summed E-state index contributed by atoms with van der Waals surface area (Å²) >= 11 is 0. The highest BCUT2D eigenvalue weighted by Crippen LogP contribution is 2.29. The third kappa shape index (κ3) is 4.32. The van der Waals surface area contributed by atoms with Crippen LogP contribution in [0.3, 0.4) is 0 Å². The quantitative estimate of drug-likeness (QED) is 0.655. The van der Waals surface area contributed by atoms with Gasteiger partial charge in [0.2, 0.25) is 5.95 Å². The van der Waals surface area contributed by atoms with E-state index in [1.54, 1.807) is 7.11 Å². The molecule has 0 bridgehead atoms. The summed E-state index contributed by atoms with van der Waals surface area (Å²) in [6.07, 6.45) is 2.22. The fourth-order valence-corrected chi connectivity index (χ4v) is 4.04. The van der Waals surface area contributed by atoms with Crippen LogP contribution in [0.15, 0.2) is 42.5 Å². The Kier molecular flexibility index (Phi) is 5.90. The summed E-state index contributed by atoms with van der Waals surface area (Å²) in [5.41, 5.74) is 3.47. The molecule has 0 unspecified atom stereocenters. The fraction of sp³-hybridized carbons (Fsp3) is 0.435. The standard InChI is InChI=1S/C23H30N4O2/c1-4-29-22-15-17(9-10-21(22)28-3)16-27-13-11-18(12-14-27)24-23-25-19-7-5-6-8-20(19)26(23)2/h5-10,15,18H,4,11-14,16H2,1-3H3,(H,24,25). The number of methoxy groups -OCH3 is 1. The number of benzene rings is 2. The average Bonchev–Trinajstić information content (AvgIpc) is 3.06. The van der Waals surface area contributed by atoms with Crippen molar-refractivity contribution >= 4 is 17.0 Å². The number of anilines is 1. The molecule has 6 nitrogen and oxygen atoms in total. The van der Waals surface area contributed by atoms with Crippen molar-refractivity contribution < 1.29 is 9.47 Å². The Morgan fingerprint density at radius 2 is 1.90 bits per heavy atom. The number of fused-ring (bicyclic) bond motifs is 1. The van der Waals surface area contributed by atoms with E-state index in [4.69, 9.17) is 14.5 Å². The van der Waals surface area contributed by atoms with E-state index in [0.717, 1.165) is 61.0 Å². The zero-order valence-electron chi connectivity index (χ0n) is 17.5. The molecule has 1 aliphatic heterocycles. The van der Waals surface area contributed by atoms with Gasteiger partial charge in [0.15, 0.2) is 11.5 Å². The number of ether oxygens (including phenoxy) is 2. The zero-order chi connectivity index (χ0) is 20.2. The topological polar surface area (TPSA) is 51.5 Å². The normalized spacial score (nSPS) is 15.6. The molecular formula is C23H30N4O2. The highest BCUT2D eigenvalue weighted by molar-refractivity contribution is 5.78. The van der Waals surface area contributed by atoms with E-state index < -0.39 is 0 Å². The second-order valence-electron chi connectivity index (χ2n) is 7.60. The maximum atomic E-state index is 5.71. The number of nitrogens with one attached hydrogen (secondary N) is 1. The largest absolute Gasteiger partial charge is 0.493 e. The molecule has 1 aromatic heterocycles. The molecule has 1 fully saturated rings. The molecule has 1 aliphatic rings. The molecule has 0 spiro atoms. The number of rotatable bonds is 7. The van der Waals surface area contributed by atoms with Crippen LogP contribution in [0.25, 0.3) is 11.0 Å². The van der Waals surface area contributed by atoms with Gasteiger partial charge in [0.25, 0.3) is 0 Å². The first-order chi connectivity index (χ1) is 14.2. The summed E-state index contributed by atoms with van der Waals surface area (Å²) in [5, 5.41) is 3.65. The van der Waals surface area contributed by atoms with E-state index >= 15 is 0 Å². The zero-order valence-corrected chi connectivity index (χ0v) is 17.5. The molecule has 1 N–H and O–H groups in total. The lowest BCUT2D eigenvalue weighted by molar-refractivity contribution is 0.210. The molecule has 1 saturated heterocycles. The Labute approximate surface area is 172 Å². The van der Waals surface area contributed by atoms with Gasteiger partial charge in [-0.25, -0.2) is 4.98 Å². The Bertz CT molecular complexity index is 961. The smallest absolute Gasteiger partial charge is 0.203 e. The molecule has 0 radical (unpaired) electrons. The summed E-state index contributed by atoms with van der Waals surface area (Å²) in [4.78, 5) is 7.25. The molecule has 0 atom stereocenters. The Balaban J connectivity index is 1.34. The maximum absolute atomic E-state index is 5.71. The van der Waals surface area contributed by atoms with Gasteiger partial charge in [-0.3, -0.25) is 4.90 Å². The van der Waals surface area contributed by atoms with Crippen LogP contribution in [0.5, 0.6) is 11.5 Å². The Hall–Kier alpha value is -2.73. The van der Waals surface area contributed by atoms with Crippen LogP contribution >= 0.6 is 0 Å². The second-order valence-corrected chi connectivity index (χ2v) is 7.60. The monoisotopic (exact) mass is 394 g/mol. The fourth-order valence-electron chi connectivity index (χ4n) is 4.04. The predicted molar refractivity (Wildman–Crippen MR) is 117 cm³/mol. The summed E-state index contributed by atoms with van der Waals surface area (Å²) in [6.45, 7) is 5.70. The van der Waals surface area contributed by atoms with Crippen molar-refractivity contribution in [3.8, 4) is 11.5 Å². The van der Waals surface area contributed by atoms with Gasteiger partial charge in [0.1, 0.15) is 0 Å². The number of aryl methyl sites for hydroxylation is 1. The van der Waals surface area contributed by atoms with Gasteiger partial charge in [-0.15, -0.1) is 0 Å². The first-order valence-electron chi connectivity index (χ1n) is 10.4. The molecule has 2 heterocycles. The highest BCUT2D eigenvalue weighted by atomic mass is 16.5. The van der Waals surface area contributed by atoms with Crippen molar-refractivity contribution in [1.82, 2.24) is 14.5 Å². The van der Waals surface area contributed by atoms with Gasteiger partial charge in [0.05, 0.1) is 24.8 Å². The van der Waals surface area contributed by atoms with E-state index in [9.17, 15) is 0 Å².